The van der Waals surface area contributed by atoms with Crippen LogP contribution in [0.5, 0.6) is 0 Å². The van der Waals surface area contributed by atoms with Gasteiger partial charge in [0.2, 0.25) is 0 Å². The molecule has 0 atom stereocenters. The molecule has 1 fully saturated rings. The first-order valence-corrected chi connectivity index (χ1v) is 5.06. The van der Waals surface area contributed by atoms with Crippen LogP contribution in [-0.4, -0.2) is 23.1 Å². The summed E-state index contributed by atoms with van der Waals surface area (Å²) in [7, 11) is 0. The standard InChI is InChI=1S/C10H17N3/c1-8-10(13-7-12-8)4-5-11-6-9-2-3-9/h7,9,11H,2-6H2,1H3,(H,12,13). The fourth-order valence-electron chi connectivity index (χ4n) is 1.48. The van der Waals surface area contributed by atoms with Crippen LogP contribution in [0.3, 0.4) is 0 Å². The lowest BCUT2D eigenvalue weighted by molar-refractivity contribution is 0.633. The van der Waals surface area contributed by atoms with Gasteiger partial charge in [0.25, 0.3) is 0 Å². The highest BCUT2D eigenvalue weighted by molar-refractivity contribution is 5.08. The molecule has 1 aliphatic rings. The van der Waals surface area contributed by atoms with Gasteiger partial charge in [-0.2, -0.15) is 0 Å². The molecule has 13 heavy (non-hydrogen) atoms. The Balaban J connectivity index is 1.64. The van der Waals surface area contributed by atoms with Crippen LogP contribution in [0, 0.1) is 12.8 Å². The van der Waals surface area contributed by atoms with Crippen molar-refractivity contribution in [2.45, 2.75) is 26.2 Å². The van der Waals surface area contributed by atoms with Crippen LogP contribution < -0.4 is 5.32 Å². The Labute approximate surface area is 79.0 Å². The van der Waals surface area contributed by atoms with E-state index in [0.29, 0.717) is 0 Å². The number of hydrogen-bond acceptors (Lipinski definition) is 2. The molecule has 0 unspecified atom stereocenters. The number of aromatic amines is 1. The topological polar surface area (TPSA) is 40.7 Å². The second-order valence-corrected chi connectivity index (χ2v) is 3.86. The number of aryl methyl sites for hydroxylation is 1. The third-order valence-electron chi connectivity index (χ3n) is 2.62. The van der Waals surface area contributed by atoms with Crippen LogP contribution in [-0.2, 0) is 6.42 Å². The number of aromatic nitrogens is 2. The van der Waals surface area contributed by atoms with E-state index < -0.39 is 0 Å². The minimum atomic E-state index is 0.975. The summed E-state index contributed by atoms with van der Waals surface area (Å²) in [4.78, 5) is 7.32. The lowest BCUT2D eigenvalue weighted by atomic mass is 10.2. The van der Waals surface area contributed by atoms with Gasteiger partial charge in [0.15, 0.2) is 0 Å². The summed E-state index contributed by atoms with van der Waals surface area (Å²) in [5, 5.41) is 3.47. The highest BCUT2D eigenvalue weighted by Crippen LogP contribution is 2.27. The number of imidazole rings is 1. The van der Waals surface area contributed by atoms with Crippen molar-refractivity contribution >= 4 is 0 Å². The molecule has 0 amide bonds. The van der Waals surface area contributed by atoms with Gasteiger partial charge in [-0.25, -0.2) is 4.98 Å². The summed E-state index contributed by atoms with van der Waals surface area (Å²) in [6.45, 7) is 4.32. The zero-order chi connectivity index (χ0) is 9.10. The number of nitrogens with zero attached hydrogens (tertiary/aromatic N) is 1. The van der Waals surface area contributed by atoms with Gasteiger partial charge in [-0.1, -0.05) is 0 Å². The Bertz CT molecular complexity index is 263. The molecular weight excluding hydrogens is 162 g/mol. The fourth-order valence-corrected chi connectivity index (χ4v) is 1.48. The van der Waals surface area contributed by atoms with Crippen molar-refractivity contribution in [1.82, 2.24) is 15.3 Å². The smallest absolute Gasteiger partial charge is 0.0925 e. The number of H-pyrrole nitrogens is 1. The molecule has 0 bridgehead atoms. The molecule has 2 rings (SSSR count). The van der Waals surface area contributed by atoms with Crippen molar-refractivity contribution < 1.29 is 0 Å². The molecule has 0 aromatic carbocycles. The maximum absolute atomic E-state index is 4.16. The van der Waals surface area contributed by atoms with Gasteiger partial charge in [-0.05, 0) is 32.2 Å². The van der Waals surface area contributed by atoms with E-state index in [-0.39, 0.29) is 0 Å². The van der Waals surface area contributed by atoms with Crippen molar-refractivity contribution in [3.8, 4) is 0 Å². The third kappa shape index (κ3) is 2.56. The third-order valence-corrected chi connectivity index (χ3v) is 2.62. The summed E-state index contributed by atoms with van der Waals surface area (Å²) >= 11 is 0. The minimum Gasteiger partial charge on any atom is -0.348 e. The fraction of sp³-hybridized carbons (Fsp3) is 0.700. The lowest BCUT2D eigenvalue weighted by Crippen LogP contribution is -2.20. The molecule has 1 aromatic heterocycles. The van der Waals surface area contributed by atoms with E-state index in [9.17, 15) is 0 Å². The second-order valence-electron chi connectivity index (χ2n) is 3.86. The van der Waals surface area contributed by atoms with Crippen LogP contribution in [0.15, 0.2) is 6.33 Å². The monoisotopic (exact) mass is 179 g/mol. The molecule has 2 N–H and O–H groups in total. The van der Waals surface area contributed by atoms with Gasteiger partial charge in [0.1, 0.15) is 0 Å². The number of nitrogens with one attached hydrogen (secondary N) is 2. The molecule has 3 nitrogen and oxygen atoms in total. The summed E-state index contributed by atoms with van der Waals surface area (Å²) < 4.78 is 0. The summed E-state index contributed by atoms with van der Waals surface area (Å²) in [5.41, 5.74) is 2.40. The molecule has 1 aliphatic carbocycles. The van der Waals surface area contributed by atoms with Crippen LogP contribution in [0.25, 0.3) is 0 Å². The Morgan fingerprint density at radius 3 is 3.08 bits per heavy atom. The Kier molecular flexibility index (Phi) is 2.64. The zero-order valence-corrected chi connectivity index (χ0v) is 8.14. The minimum absolute atomic E-state index is 0.975. The molecule has 1 aromatic rings. The van der Waals surface area contributed by atoms with Gasteiger partial charge < -0.3 is 10.3 Å². The molecule has 3 heteroatoms. The second kappa shape index (κ2) is 3.92. The quantitative estimate of drug-likeness (QED) is 0.668. The first kappa shape index (κ1) is 8.75. The van der Waals surface area contributed by atoms with E-state index in [1.54, 1.807) is 6.33 Å². The van der Waals surface area contributed by atoms with E-state index in [1.807, 2.05) is 6.92 Å². The van der Waals surface area contributed by atoms with E-state index in [4.69, 9.17) is 0 Å². The van der Waals surface area contributed by atoms with Crippen LogP contribution in [0.4, 0.5) is 0 Å². The molecule has 1 saturated carbocycles. The average molecular weight is 179 g/mol. The molecule has 0 radical (unpaired) electrons. The van der Waals surface area contributed by atoms with Crippen molar-refractivity contribution in [3.05, 3.63) is 17.7 Å². The molecule has 0 saturated heterocycles. The maximum Gasteiger partial charge on any atom is 0.0925 e. The van der Waals surface area contributed by atoms with Crippen LogP contribution in [0.1, 0.15) is 24.2 Å². The van der Waals surface area contributed by atoms with Gasteiger partial charge in [-0.15, -0.1) is 0 Å². The Morgan fingerprint density at radius 1 is 1.62 bits per heavy atom. The van der Waals surface area contributed by atoms with E-state index in [1.165, 1.54) is 25.1 Å². The Morgan fingerprint density at radius 2 is 2.46 bits per heavy atom. The normalized spacial score (nSPS) is 16.4. The largest absolute Gasteiger partial charge is 0.348 e. The summed E-state index contributed by atoms with van der Waals surface area (Å²) in [6.07, 6.45) is 5.69. The summed E-state index contributed by atoms with van der Waals surface area (Å²) in [6, 6.07) is 0. The maximum atomic E-state index is 4.16. The van der Waals surface area contributed by atoms with Gasteiger partial charge in [0.05, 0.1) is 12.0 Å². The summed E-state index contributed by atoms with van der Waals surface area (Å²) in [5.74, 6) is 0.975. The predicted molar refractivity (Wildman–Crippen MR) is 52.6 cm³/mol. The van der Waals surface area contributed by atoms with Crippen molar-refractivity contribution in [2.75, 3.05) is 13.1 Å². The predicted octanol–water partition coefficient (Wildman–Crippen LogP) is 1.26. The van der Waals surface area contributed by atoms with Gasteiger partial charge in [0, 0.05) is 18.7 Å². The van der Waals surface area contributed by atoms with Crippen molar-refractivity contribution in [3.63, 3.8) is 0 Å². The zero-order valence-electron chi connectivity index (χ0n) is 8.14. The molecule has 1 heterocycles. The van der Waals surface area contributed by atoms with Gasteiger partial charge in [-0.3, -0.25) is 0 Å². The molecule has 0 spiro atoms. The average Bonchev–Trinajstić information content (AvgIpc) is 2.86. The highest BCUT2D eigenvalue weighted by atomic mass is 14.9. The Hall–Kier alpha value is -0.830. The lowest BCUT2D eigenvalue weighted by Gasteiger charge is -2.02. The molecular formula is C10H17N3. The van der Waals surface area contributed by atoms with Crippen molar-refractivity contribution in [2.24, 2.45) is 5.92 Å². The van der Waals surface area contributed by atoms with Crippen LogP contribution in [0.2, 0.25) is 0 Å². The van der Waals surface area contributed by atoms with Crippen LogP contribution >= 0.6 is 0 Å². The van der Waals surface area contributed by atoms with Gasteiger partial charge >= 0.3 is 0 Å². The van der Waals surface area contributed by atoms with E-state index in [0.717, 1.165) is 24.6 Å². The first-order valence-electron chi connectivity index (χ1n) is 5.06. The molecule has 72 valence electrons. The highest BCUT2D eigenvalue weighted by Gasteiger charge is 2.19. The van der Waals surface area contributed by atoms with Crippen molar-refractivity contribution in [1.29, 1.82) is 0 Å². The number of hydrogen-bond donors (Lipinski definition) is 2. The SMILES string of the molecule is Cc1nc[nH]c1CCNCC1CC1. The molecule has 0 aliphatic heterocycles. The van der Waals surface area contributed by atoms with E-state index in [2.05, 4.69) is 15.3 Å². The van der Waals surface area contributed by atoms with E-state index >= 15 is 0 Å². The first-order chi connectivity index (χ1) is 6.36. The number of rotatable bonds is 5.